The maximum absolute atomic E-state index is 9.37. The van der Waals surface area contributed by atoms with Crippen LogP contribution in [0.4, 0.5) is 5.69 Å². The van der Waals surface area contributed by atoms with Crippen LogP contribution < -0.4 is 16.2 Å². The minimum absolute atomic E-state index is 0.118. The third-order valence-corrected chi connectivity index (χ3v) is 3.28. The Morgan fingerprint density at radius 1 is 1.15 bits per heavy atom. The van der Waals surface area contributed by atoms with Crippen molar-refractivity contribution in [1.29, 1.82) is 5.26 Å². The SMILES string of the molecule is N#CC1=C(N)Oc2cc(N)ccc2C1c1ccncc1. The van der Waals surface area contributed by atoms with Crippen LogP contribution in [-0.4, -0.2) is 4.98 Å². The summed E-state index contributed by atoms with van der Waals surface area (Å²) >= 11 is 0. The molecule has 1 unspecified atom stereocenters. The monoisotopic (exact) mass is 264 g/mol. The zero-order valence-corrected chi connectivity index (χ0v) is 10.6. The van der Waals surface area contributed by atoms with Crippen LogP contribution in [0.2, 0.25) is 0 Å². The molecule has 0 aliphatic carbocycles. The summed E-state index contributed by atoms with van der Waals surface area (Å²) in [6.07, 6.45) is 3.37. The topological polar surface area (TPSA) is 98.0 Å². The lowest BCUT2D eigenvalue weighted by Gasteiger charge is -2.26. The molecule has 0 amide bonds. The van der Waals surface area contributed by atoms with Gasteiger partial charge in [-0.25, -0.2) is 0 Å². The Balaban J connectivity index is 2.23. The molecule has 2 heterocycles. The van der Waals surface area contributed by atoms with Crippen molar-refractivity contribution in [1.82, 2.24) is 4.98 Å². The lowest BCUT2D eigenvalue weighted by molar-refractivity contribution is 0.394. The first-order valence-corrected chi connectivity index (χ1v) is 6.07. The van der Waals surface area contributed by atoms with Gasteiger partial charge in [-0.2, -0.15) is 5.26 Å². The molecule has 0 bridgehead atoms. The van der Waals surface area contributed by atoms with Gasteiger partial charge in [-0.05, 0) is 23.8 Å². The molecule has 4 N–H and O–H groups in total. The molecule has 5 heteroatoms. The zero-order valence-electron chi connectivity index (χ0n) is 10.6. The number of aromatic nitrogens is 1. The molecule has 1 aromatic heterocycles. The summed E-state index contributed by atoms with van der Waals surface area (Å²) in [5, 5.41) is 9.37. The van der Waals surface area contributed by atoms with Crippen molar-refractivity contribution in [3.63, 3.8) is 0 Å². The van der Waals surface area contributed by atoms with E-state index in [4.69, 9.17) is 16.2 Å². The number of rotatable bonds is 1. The van der Waals surface area contributed by atoms with Crippen molar-refractivity contribution < 1.29 is 4.74 Å². The van der Waals surface area contributed by atoms with E-state index in [9.17, 15) is 5.26 Å². The van der Waals surface area contributed by atoms with Crippen molar-refractivity contribution >= 4 is 5.69 Å². The predicted octanol–water partition coefficient (Wildman–Crippen LogP) is 1.88. The number of benzene rings is 1. The minimum atomic E-state index is -0.257. The van der Waals surface area contributed by atoms with Crippen LogP contribution in [0.3, 0.4) is 0 Å². The number of nitrogen functional groups attached to an aromatic ring is 1. The number of ether oxygens (including phenoxy) is 1. The van der Waals surface area contributed by atoms with Gasteiger partial charge < -0.3 is 16.2 Å². The maximum Gasteiger partial charge on any atom is 0.205 e. The van der Waals surface area contributed by atoms with Crippen LogP contribution in [0.5, 0.6) is 5.75 Å². The molecule has 3 rings (SSSR count). The van der Waals surface area contributed by atoms with E-state index < -0.39 is 0 Å². The first-order valence-electron chi connectivity index (χ1n) is 6.07. The number of pyridine rings is 1. The molecule has 0 radical (unpaired) electrons. The summed E-state index contributed by atoms with van der Waals surface area (Å²) in [7, 11) is 0. The van der Waals surface area contributed by atoms with Gasteiger partial charge in [0, 0.05) is 29.7 Å². The van der Waals surface area contributed by atoms with Crippen molar-refractivity contribution in [2.24, 2.45) is 5.73 Å². The van der Waals surface area contributed by atoms with Crippen LogP contribution in [-0.2, 0) is 0 Å². The smallest absolute Gasteiger partial charge is 0.205 e. The quantitative estimate of drug-likeness (QED) is 0.766. The van der Waals surface area contributed by atoms with Crippen LogP contribution in [0.15, 0.2) is 54.2 Å². The van der Waals surface area contributed by atoms with Crippen molar-refractivity contribution in [2.75, 3.05) is 5.73 Å². The zero-order chi connectivity index (χ0) is 14.1. The summed E-state index contributed by atoms with van der Waals surface area (Å²) in [4.78, 5) is 4.00. The minimum Gasteiger partial charge on any atom is -0.440 e. The standard InChI is InChI=1S/C15H12N4O/c16-8-12-14(9-3-5-19-6-4-9)11-2-1-10(17)7-13(11)20-15(12)18/h1-7,14H,17-18H2. The molecule has 1 aromatic carbocycles. The summed E-state index contributed by atoms with van der Waals surface area (Å²) in [6.45, 7) is 0. The van der Waals surface area contributed by atoms with Crippen molar-refractivity contribution in [2.45, 2.75) is 5.92 Å². The van der Waals surface area contributed by atoms with Crippen molar-refractivity contribution in [3.05, 3.63) is 65.3 Å². The van der Waals surface area contributed by atoms with E-state index in [0.717, 1.165) is 11.1 Å². The highest BCUT2D eigenvalue weighted by Gasteiger charge is 2.30. The highest BCUT2D eigenvalue weighted by molar-refractivity contribution is 5.59. The Labute approximate surface area is 116 Å². The Morgan fingerprint density at radius 2 is 1.90 bits per heavy atom. The van der Waals surface area contributed by atoms with Crippen LogP contribution in [0.25, 0.3) is 0 Å². The highest BCUT2D eigenvalue weighted by Crippen LogP contribution is 2.42. The van der Waals surface area contributed by atoms with E-state index in [0.29, 0.717) is 17.0 Å². The number of nitrogens with zero attached hydrogens (tertiary/aromatic N) is 2. The summed E-state index contributed by atoms with van der Waals surface area (Å²) in [5.74, 6) is 0.447. The molecule has 98 valence electrons. The van der Waals surface area contributed by atoms with Gasteiger partial charge in [0.1, 0.15) is 17.4 Å². The Hall–Kier alpha value is -3.00. The lowest BCUT2D eigenvalue weighted by Crippen LogP contribution is -2.21. The number of nitrogens with two attached hydrogens (primary N) is 2. The molecule has 1 aliphatic heterocycles. The number of nitriles is 1. The van der Waals surface area contributed by atoms with Gasteiger partial charge in [0.05, 0.1) is 5.92 Å². The lowest BCUT2D eigenvalue weighted by atomic mass is 9.84. The van der Waals surface area contributed by atoms with E-state index in [1.54, 1.807) is 24.5 Å². The molecule has 2 aromatic rings. The van der Waals surface area contributed by atoms with Gasteiger partial charge in [0.25, 0.3) is 0 Å². The number of hydrogen-bond acceptors (Lipinski definition) is 5. The summed E-state index contributed by atoms with van der Waals surface area (Å²) in [5.41, 5.74) is 14.4. The fourth-order valence-electron chi connectivity index (χ4n) is 2.37. The normalized spacial score (nSPS) is 17.1. The van der Waals surface area contributed by atoms with Gasteiger partial charge in [-0.3, -0.25) is 4.98 Å². The van der Waals surface area contributed by atoms with Crippen LogP contribution in [0, 0.1) is 11.3 Å². The first-order chi connectivity index (χ1) is 9.70. The second-order valence-corrected chi connectivity index (χ2v) is 4.50. The van der Waals surface area contributed by atoms with Gasteiger partial charge in [-0.1, -0.05) is 6.07 Å². The number of anilines is 1. The van der Waals surface area contributed by atoms with E-state index in [2.05, 4.69) is 11.1 Å². The molecule has 0 fully saturated rings. The second-order valence-electron chi connectivity index (χ2n) is 4.50. The number of fused-ring (bicyclic) bond motifs is 1. The van der Waals surface area contributed by atoms with Gasteiger partial charge in [-0.15, -0.1) is 0 Å². The summed E-state index contributed by atoms with van der Waals surface area (Å²) < 4.78 is 5.51. The van der Waals surface area contributed by atoms with E-state index in [-0.39, 0.29) is 11.8 Å². The highest BCUT2D eigenvalue weighted by atomic mass is 16.5. The average Bonchev–Trinajstić information content (AvgIpc) is 2.46. The Kier molecular flexibility index (Phi) is 2.77. The molecule has 1 atom stereocenters. The fraction of sp³-hybridized carbons (Fsp3) is 0.0667. The first kappa shape index (κ1) is 12.1. The van der Waals surface area contributed by atoms with Crippen LogP contribution in [0.1, 0.15) is 17.0 Å². The van der Waals surface area contributed by atoms with E-state index >= 15 is 0 Å². The maximum atomic E-state index is 9.37. The fourth-order valence-corrected chi connectivity index (χ4v) is 2.37. The largest absolute Gasteiger partial charge is 0.440 e. The third-order valence-electron chi connectivity index (χ3n) is 3.28. The predicted molar refractivity (Wildman–Crippen MR) is 74.4 cm³/mol. The Morgan fingerprint density at radius 3 is 2.60 bits per heavy atom. The van der Waals surface area contributed by atoms with Crippen LogP contribution >= 0.6 is 0 Å². The van der Waals surface area contributed by atoms with Gasteiger partial charge >= 0.3 is 0 Å². The van der Waals surface area contributed by atoms with Gasteiger partial charge in [0.2, 0.25) is 5.88 Å². The number of allylic oxidation sites excluding steroid dienone is 1. The second kappa shape index (κ2) is 4.59. The van der Waals surface area contributed by atoms with E-state index in [1.807, 2.05) is 18.2 Å². The van der Waals surface area contributed by atoms with Gasteiger partial charge in [0.15, 0.2) is 0 Å². The average molecular weight is 264 g/mol. The molecule has 0 saturated heterocycles. The van der Waals surface area contributed by atoms with Crippen molar-refractivity contribution in [3.8, 4) is 11.8 Å². The molecule has 0 saturated carbocycles. The molecule has 20 heavy (non-hydrogen) atoms. The summed E-state index contributed by atoms with van der Waals surface area (Å²) in [6, 6.07) is 11.2. The Bertz CT molecular complexity index is 731. The molecule has 0 spiro atoms. The van der Waals surface area contributed by atoms with E-state index in [1.165, 1.54) is 0 Å². The molecule has 1 aliphatic rings. The molecule has 5 nitrogen and oxygen atoms in total. The molecular formula is C15H12N4O. The third kappa shape index (κ3) is 1.84. The number of hydrogen-bond donors (Lipinski definition) is 2. The molecular weight excluding hydrogens is 252 g/mol.